The second-order valence-electron chi connectivity index (χ2n) is 14.0. The van der Waals surface area contributed by atoms with Crippen LogP contribution in [0.4, 0.5) is 10.5 Å². The Kier molecular flexibility index (Phi) is 11.7. The number of carbonyl (C=O) groups excluding carboxylic acids is 3. The maximum Gasteiger partial charge on any atom is 0.408 e. The van der Waals surface area contributed by atoms with Crippen LogP contribution < -0.4 is 20.9 Å². The predicted octanol–water partition coefficient (Wildman–Crippen LogP) is 6.67. The normalized spacial score (nSPS) is 12.6. The number of halogens is 1. The van der Waals surface area contributed by atoms with Gasteiger partial charge in [-0.25, -0.2) is 4.79 Å². The molecule has 1 heterocycles. The zero-order valence-corrected chi connectivity index (χ0v) is 30.5. The molecule has 2 aromatic carbocycles. The van der Waals surface area contributed by atoms with Gasteiger partial charge in [-0.1, -0.05) is 36.4 Å². The first kappa shape index (κ1) is 37.3. The number of pyridine rings is 1. The topological polar surface area (TPSA) is 125 Å². The summed E-state index contributed by atoms with van der Waals surface area (Å²) in [5, 5.41) is 5.44. The van der Waals surface area contributed by atoms with Gasteiger partial charge in [-0.05, 0) is 113 Å². The van der Waals surface area contributed by atoms with E-state index in [1.165, 1.54) is 4.57 Å². The molecule has 0 bridgehead atoms. The fraction of sp³-hybridized carbons (Fsp3) is 0.444. The number of ether oxygens (including phenoxy) is 3. The number of methoxy groups -OCH3 is 1. The third kappa shape index (κ3) is 10.4. The van der Waals surface area contributed by atoms with Crippen molar-refractivity contribution in [1.29, 1.82) is 0 Å². The molecule has 0 aliphatic carbocycles. The summed E-state index contributed by atoms with van der Waals surface area (Å²) in [5.74, 6) is -0.254. The minimum absolute atomic E-state index is 0.0864. The van der Waals surface area contributed by atoms with Crippen molar-refractivity contribution in [3.63, 3.8) is 0 Å². The molecule has 0 saturated carbocycles. The quantitative estimate of drug-likeness (QED) is 0.225. The van der Waals surface area contributed by atoms with Gasteiger partial charge in [-0.2, -0.15) is 0 Å². The first-order valence-corrected chi connectivity index (χ1v) is 16.1. The minimum atomic E-state index is -1.10. The SMILES string of the molecule is COc1ccc(Cn2cc(Br)c(C)c(NC(=O)[C@H](Cc3ccc(C(C)(C)C(=O)OC(C)(C)C)cc3)NC(=O)OC(C)(C)C)c2=O)cc1. The Morgan fingerprint density at radius 3 is 1.94 bits per heavy atom. The number of benzene rings is 2. The van der Waals surface area contributed by atoms with E-state index in [1.807, 2.05) is 45.0 Å². The van der Waals surface area contributed by atoms with Crippen LogP contribution in [0.2, 0.25) is 0 Å². The van der Waals surface area contributed by atoms with Gasteiger partial charge in [0.1, 0.15) is 28.7 Å². The lowest BCUT2D eigenvalue weighted by Gasteiger charge is -2.29. The van der Waals surface area contributed by atoms with Crippen LogP contribution in [-0.4, -0.2) is 46.9 Å². The van der Waals surface area contributed by atoms with Crippen molar-refractivity contribution >= 4 is 39.6 Å². The van der Waals surface area contributed by atoms with Crippen LogP contribution in [0.5, 0.6) is 5.75 Å². The average Bonchev–Trinajstić information content (AvgIpc) is 2.96. The molecule has 0 saturated heterocycles. The molecule has 1 aromatic heterocycles. The molecule has 10 nitrogen and oxygen atoms in total. The average molecular weight is 713 g/mol. The molecule has 254 valence electrons. The number of hydrogen-bond acceptors (Lipinski definition) is 7. The van der Waals surface area contributed by atoms with E-state index in [-0.39, 0.29) is 24.6 Å². The lowest BCUT2D eigenvalue weighted by Crippen LogP contribution is -2.47. The number of alkyl carbamates (subject to hydrolysis) is 1. The molecule has 0 fully saturated rings. The van der Waals surface area contributed by atoms with Crippen molar-refractivity contribution in [2.75, 3.05) is 12.4 Å². The van der Waals surface area contributed by atoms with Gasteiger partial charge < -0.3 is 29.4 Å². The number of amides is 2. The summed E-state index contributed by atoms with van der Waals surface area (Å²) in [7, 11) is 1.58. The Morgan fingerprint density at radius 1 is 0.851 bits per heavy atom. The highest BCUT2D eigenvalue weighted by Gasteiger charge is 2.34. The van der Waals surface area contributed by atoms with Crippen molar-refractivity contribution in [3.05, 3.63) is 91.8 Å². The number of nitrogens with zero attached hydrogens (tertiary/aromatic N) is 1. The molecule has 0 aliphatic heterocycles. The van der Waals surface area contributed by atoms with Gasteiger partial charge in [-0.3, -0.25) is 14.4 Å². The molecule has 1 atom stereocenters. The smallest absolute Gasteiger partial charge is 0.408 e. The van der Waals surface area contributed by atoms with Crippen molar-refractivity contribution in [1.82, 2.24) is 9.88 Å². The fourth-order valence-electron chi connectivity index (χ4n) is 4.59. The highest BCUT2D eigenvalue weighted by molar-refractivity contribution is 9.10. The second-order valence-corrected chi connectivity index (χ2v) is 14.8. The molecule has 2 N–H and O–H groups in total. The molecule has 0 aliphatic rings. The Bertz CT molecular complexity index is 1650. The Morgan fingerprint density at radius 2 is 1.40 bits per heavy atom. The molecule has 0 radical (unpaired) electrons. The van der Waals surface area contributed by atoms with Gasteiger partial charge in [0.05, 0.1) is 19.1 Å². The van der Waals surface area contributed by atoms with Gasteiger partial charge in [0.25, 0.3) is 5.56 Å². The minimum Gasteiger partial charge on any atom is -0.497 e. The summed E-state index contributed by atoms with van der Waals surface area (Å²) in [6, 6.07) is 13.4. The predicted molar refractivity (Wildman–Crippen MR) is 186 cm³/mol. The van der Waals surface area contributed by atoms with Crippen molar-refractivity contribution in [3.8, 4) is 5.75 Å². The van der Waals surface area contributed by atoms with E-state index in [1.54, 1.807) is 79.1 Å². The number of hydrogen-bond donors (Lipinski definition) is 2. The van der Waals surface area contributed by atoms with Gasteiger partial charge in [0.15, 0.2) is 0 Å². The Balaban J connectivity index is 1.90. The van der Waals surface area contributed by atoms with E-state index in [9.17, 15) is 19.2 Å². The van der Waals surface area contributed by atoms with E-state index in [0.29, 0.717) is 21.3 Å². The highest BCUT2D eigenvalue weighted by atomic mass is 79.9. The van der Waals surface area contributed by atoms with E-state index in [2.05, 4.69) is 26.6 Å². The van der Waals surface area contributed by atoms with Crippen LogP contribution >= 0.6 is 15.9 Å². The lowest BCUT2D eigenvalue weighted by molar-refractivity contribution is -0.160. The van der Waals surface area contributed by atoms with Gasteiger partial charge in [0.2, 0.25) is 5.91 Å². The van der Waals surface area contributed by atoms with Crippen molar-refractivity contribution in [2.45, 2.75) is 97.9 Å². The summed E-state index contributed by atoms with van der Waals surface area (Å²) in [6.45, 7) is 16.2. The molecule has 3 aromatic rings. The second kappa shape index (κ2) is 14.8. The number of rotatable bonds is 10. The van der Waals surface area contributed by atoms with Crippen LogP contribution in [0.3, 0.4) is 0 Å². The Hall–Kier alpha value is -4.12. The Labute approximate surface area is 285 Å². The van der Waals surface area contributed by atoms with E-state index >= 15 is 0 Å². The fourth-order valence-corrected chi connectivity index (χ4v) is 5.04. The summed E-state index contributed by atoms with van der Waals surface area (Å²) in [6.07, 6.45) is 0.989. The highest BCUT2D eigenvalue weighted by Crippen LogP contribution is 2.28. The number of nitrogens with one attached hydrogen (secondary N) is 2. The number of esters is 1. The zero-order chi connectivity index (χ0) is 35.3. The van der Waals surface area contributed by atoms with Crippen LogP contribution in [0.25, 0.3) is 0 Å². The van der Waals surface area contributed by atoms with Crippen molar-refractivity contribution < 1.29 is 28.6 Å². The third-order valence-electron chi connectivity index (χ3n) is 7.27. The maximum atomic E-state index is 13.8. The third-order valence-corrected chi connectivity index (χ3v) is 8.07. The summed E-state index contributed by atoms with van der Waals surface area (Å²) < 4.78 is 18.4. The zero-order valence-electron chi connectivity index (χ0n) is 28.9. The molecule has 0 spiro atoms. The monoisotopic (exact) mass is 711 g/mol. The first-order valence-electron chi connectivity index (χ1n) is 15.4. The van der Waals surface area contributed by atoms with E-state index < -0.39 is 40.2 Å². The van der Waals surface area contributed by atoms with E-state index in [0.717, 1.165) is 11.1 Å². The molecule has 0 unspecified atom stereocenters. The lowest BCUT2D eigenvalue weighted by atomic mass is 9.84. The van der Waals surface area contributed by atoms with Crippen LogP contribution in [0, 0.1) is 6.92 Å². The summed E-state index contributed by atoms with van der Waals surface area (Å²) in [4.78, 5) is 53.2. The van der Waals surface area contributed by atoms with Gasteiger partial charge in [-0.15, -0.1) is 0 Å². The van der Waals surface area contributed by atoms with E-state index in [4.69, 9.17) is 14.2 Å². The van der Waals surface area contributed by atoms with Crippen LogP contribution in [-0.2, 0) is 37.4 Å². The number of anilines is 1. The van der Waals surface area contributed by atoms with Crippen LogP contribution in [0.15, 0.2) is 64.0 Å². The standard InChI is InChI=1S/C36H46BrN3O7/c1-22-27(37)21-40(20-24-13-17-26(45-10)18-14-24)31(42)29(22)39-30(41)28(38-33(44)47-35(5,6)7)19-23-11-15-25(16-12-23)36(8,9)32(43)46-34(2,3)4/h11-18,21,28H,19-20H2,1-10H3,(H,38,44)(H,39,41)/t28-/m0/s1. The number of carbonyl (C=O) groups is 3. The molecule has 2 amide bonds. The maximum absolute atomic E-state index is 13.8. The summed E-state index contributed by atoms with van der Waals surface area (Å²) in [5.41, 5.74) is 0.197. The van der Waals surface area contributed by atoms with Gasteiger partial charge >= 0.3 is 12.1 Å². The molecule has 11 heteroatoms. The molecular formula is C36H46BrN3O7. The van der Waals surface area contributed by atoms with Crippen LogP contribution in [0.1, 0.15) is 77.6 Å². The molecule has 3 rings (SSSR count). The molecule has 47 heavy (non-hydrogen) atoms. The van der Waals surface area contributed by atoms with Crippen molar-refractivity contribution in [2.24, 2.45) is 0 Å². The van der Waals surface area contributed by atoms with Gasteiger partial charge in [0, 0.05) is 17.1 Å². The summed E-state index contributed by atoms with van der Waals surface area (Å²) >= 11 is 3.52. The largest absolute Gasteiger partial charge is 0.497 e. The molecular weight excluding hydrogens is 666 g/mol. The first-order chi connectivity index (χ1) is 21.7. The number of aromatic nitrogens is 1.